The highest BCUT2D eigenvalue weighted by Gasteiger charge is 2.33. The maximum Gasteiger partial charge on any atom is 0.279 e. The van der Waals surface area contributed by atoms with Crippen molar-refractivity contribution in [3.63, 3.8) is 0 Å². The van der Waals surface area contributed by atoms with E-state index in [1.165, 1.54) is 18.2 Å². The molecule has 2 aromatic carbocycles. The fraction of sp³-hybridized carbons (Fsp3) is 0.278. The van der Waals surface area contributed by atoms with Gasteiger partial charge in [0.05, 0.1) is 31.9 Å². The number of carbonyl (C=O) groups is 1. The van der Waals surface area contributed by atoms with Gasteiger partial charge in [0.1, 0.15) is 22.3 Å². The van der Waals surface area contributed by atoms with E-state index in [2.05, 4.69) is 5.32 Å². The molecule has 1 aliphatic rings. The first-order valence-electron chi connectivity index (χ1n) is 8.60. The minimum absolute atomic E-state index is 0.0487. The van der Waals surface area contributed by atoms with Gasteiger partial charge in [-0.2, -0.15) is 4.31 Å². The molecule has 1 heterocycles. The van der Waals surface area contributed by atoms with Gasteiger partial charge in [-0.3, -0.25) is 4.79 Å². The van der Waals surface area contributed by atoms with Crippen molar-refractivity contribution >= 4 is 21.6 Å². The number of quaternary nitrogens is 1. The van der Waals surface area contributed by atoms with Gasteiger partial charge in [0.2, 0.25) is 10.0 Å². The monoisotopic (exact) mass is 414 g/mol. The Morgan fingerprint density at radius 1 is 1.04 bits per heavy atom. The maximum absolute atomic E-state index is 13.9. The number of nitrogens with one attached hydrogen (secondary N) is 2. The highest BCUT2D eigenvalue weighted by Crippen LogP contribution is 2.20. The minimum atomic E-state index is -4.09. The maximum atomic E-state index is 13.9. The summed E-state index contributed by atoms with van der Waals surface area (Å²) in [5.74, 6) is -2.92. The van der Waals surface area contributed by atoms with Crippen LogP contribution in [0.1, 0.15) is 0 Å². The number of halogens is 3. The molecule has 0 saturated carbocycles. The largest absolute Gasteiger partial charge is 0.325 e. The van der Waals surface area contributed by atoms with E-state index >= 15 is 0 Å². The SMILES string of the molecule is O=C(C[NH+]1CCN(S(=O)(=O)c2ccc(F)cc2F)CC1)Nc1ccccc1F. The van der Waals surface area contributed by atoms with E-state index in [0.29, 0.717) is 19.2 Å². The Balaban J connectivity index is 1.58. The first-order valence-corrected chi connectivity index (χ1v) is 10.0. The van der Waals surface area contributed by atoms with E-state index in [9.17, 15) is 26.4 Å². The molecular formula is C18H19F3N3O3S+. The van der Waals surface area contributed by atoms with Crippen molar-refractivity contribution in [3.05, 3.63) is 59.9 Å². The van der Waals surface area contributed by atoms with Crippen LogP contribution in [-0.2, 0) is 14.8 Å². The van der Waals surface area contributed by atoms with Gasteiger partial charge in [0.25, 0.3) is 5.91 Å². The molecule has 6 nitrogen and oxygen atoms in total. The summed E-state index contributed by atoms with van der Waals surface area (Å²) < 4.78 is 66.7. The van der Waals surface area contributed by atoms with Crippen LogP contribution in [0.3, 0.4) is 0 Å². The van der Waals surface area contributed by atoms with Crippen LogP contribution >= 0.6 is 0 Å². The van der Waals surface area contributed by atoms with Crippen LogP contribution in [0.25, 0.3) is 0 Å². The normalized spacial score (nSPS) is 16.1. The van der Waals surface area contributed by atoms with E-state index in [0.717, 1.165) is 21.3 Å². The fourth-order valence-corrected chi connectivity index (χ4v) is 4.51. The van der Waals surface area contributed by atoms with Gasteiger partial charge in [0.15, 0.2) is 6.54 Å². The molecule has 150 valence electrons. The summed E-state index contributed by atoms with van der Waals surface area (Å²) in [6, 6.07) is 8.13. The van der Waals surface area contributed by atoms with Crippen LogP contribution in [0.5, 0.6) is 0 Å². The molecule has 1 saturated heterocycles. The molecule has 0 bridgehead atoms. The number of hydrogen-bond acceptors (Lipinski definition) is 3. The Hall–Kier alpha value is -2.43. The Kier molecular flexibility index (Phi) is 6.01. The molecule has 0 spiro atoms. The quantitative estimate of drug-likeness (QED) is 0.754. The van der Waals surface area contributed by atoms with Crippen LogP contribution in [0, 0.1) is 17.5 Å². The van der Waals surface area contributed by atoms with Crippen molar-refractivity contribution in [1.82, 2.24) is 4.31 Å². The lowest BCUT2D eigenvalue weighted by atomic mass is 10.3. The first kappa shape index (κ1) is 20.3. The van der Waals surface area contributed by atoms with Gasteiger partial charge >= 0.3 is 0 Å². The molecule has 2 N–H and O–H groups in total. The molecule has 0 aliphatic carbocycles. The lowest BCUT2D eigenvalue weighted by Gasteiger charge is -2.31. The number of piperazine rings is 1. The van der Waals surface area contributed by atoms with Crippen molar-refractivity contribution < 1.29 is 31.3 Å². The van der Waals surface area contributed by atoms with Gasteiger partial charge in [-0.05, 0) is 24.3 Å². The zero-order chi connectivity index (χ0) is 20.3. The van der Waals surface area contributed by atoms with Gasteiger partial charge in [-0.1, -0.05) is 12.1 Å². The summed E-state index contributed by atoms with van der Waals surface area (Å²) in [7, 11) is -4.09. The fourth-order valence-electron chi connectivity index (χ4n) is 3.03. The number of benzene rings is 2. The predicted molar refractivity (Wildman–Crippen MR) is 95.7 cm³/mol. The summed E-state index contributed by atoms with van der Waals surface area (Å²) >= 11 is 0. The molecule has 0 radical (unpaired) electrons. The van der Waals surface area contributed by atoms with Crippen LogP contribution in [0.4, 0.5) is 18.9 Å². The summed E-state index contributed by atoms with van der Waals surface area (Å²) in [5, 5.41) is 2.49. The number of amides is 1. The molecule has 28 heavy (non-hydrogen) atoms. The molecule has 0 atom stereocenters. The summed E-state index contributed by atoms with van der Waals surface area (Å²) in [6.07, 6.45) is 0. The third-order valence-electron chi connectivity index (χ3n) is 4.50. The Labute approximate surface area is 160 Å². The molecule has 1 fully saturated rings. The lowest BCUT2D eigenvalue weighted by molar-refractivity contribution is -0.895. The van der Waals surface area contributed by atoms with Crippen LogP contribution in [-0.4, -0.2) is 51.4 Å². The summed E-state index contributed by atoms with van der Waals surface area (Å²) in [4.78, 5) is 12.3. The van der Waals surface area contributed by atoms with E-state index in [4.69, 9.17) is 0 Å². The predicted octanol–water partition coefficient (Wildman–Crippen LogP) is 0.632. The van der Waals surface area contributed by atoms with Crippen molar-refractivity contribution in [1.29, 1.82) is 0 Å². The number of rotatable bonds is 5. The zero-order valence-corrected chi connectivity index (χ0v) is 15.6. The van der Waals surface area contributed by atoms with Crippen LogP contribution in [0.2, 0.25) is 0 Å². The molecule has 1 amide bonds. The third-order valence-corrected chi connectivity index (χ3v) is 6.43. The smallest absolute Gasteiger partial charge is 0.279 e. The van der Waals surface area contributed by atoms with Gasteiger partial charge < -0.3 is 10.2 Å². The topological polar surface area (TPSA) is 70.9 Å². The third kappa shape index (κ3) is 4.51. The van der Waals surface area contributed by atoms with Crippen molar-refractivity contribution in [3.8, 4) is 0 Å². The van der Waals surface area contributed by atoms with Crippen LogP contribution in [0.15, 0.2) is 47.4 Å². The summed E-state index contributed by atoms with van der Waals surface area (Å²) in [6.45, 7) is 0.871. The lowest BCUT2D eigenvalue weighted by Crippen LogP contribution is -3.15. The number of nitrogens with zero attached hydrogens (tertiary/aromatic N) is 1. The molecule has 2 aromatic rings. The summed E-state index contributed by atoms with van der Waals surface area (Å²) in [5.41, 5.74) is 0.0832. The second-order valence-electron chi connectivity index (χ2n) is 6.43. The average Bonchev–Trinajstić information content (AvgIpc) is 2.64. The highest BCUT2D eigenvalue weighted by atomic mass is 32.2. The van der Waals surface area contributed by atoms with Crippen molar-refractivity contribution in [2.75, 3.05) is 38.0 Å². The van der Waals surface area contributed by atoms with Crippen molar-refractivity contribution in [2.24, 2.45) is 0 Å². The number of sulfonamides is 1. The number of carbonyl (C=O) groups excluding carboxylic acids is 1. The van der Waals surface area contributed by atoms with Gasteiger partial charge in [-0.15, -0.1) is 0 Å². The Bertz CT molecular complexity index is 977. The molecular weight excluding hydrogens is 395 g/mol. The standard InChI is InChI=1S/C18H18F3N3O3S/c19-13-5-6-17(15(21)11-13)28(26,27)24-9-7-23(8-10-24)12-18(25)22-16-4-2-1-3-14(16)20/h1-6,11H,7-10,12H2,(H,22,25)/p+1. The van der Waals surface area contributed by atoms with E-state index in [1.54, 1.807) is 6.07 Å². The first-order chi connectivity index (χ1) is 13.3. The second kappa shape index (κ2) is 8.29. The molecule has 0 aromatic heterocycles. The molecule has 3 rings (SSSR count). The van der Waals surface area contributed by atoms with Gasteiger partial charge in [0, 0.05) is 6.07 Å². The van der Waals surface area contributed by atoms with Crippen LogP contribution < -0.4 is 10.2 Å². The second-order valence-corrected chi connectivity index (χ2v) is 8.34. The highest BCUT2D eigenvalue weighted by molar-refractivity contribution is 7.89. The van der Waals surface area contributed by atoms with E-state index in [1.807, 2.05) is 0 Å². The zero-order valence-electron chi connectivity index (χ0n) is 14.8. The van der Waals surface area contributed by atoms with E-state index in [-0.39, 0.29) is 31.2 Å². The van der Waals surface area contributed by atoms with Gasteiger partial charge in [-0.25, -0.2) is 21.6 Å². The number of hydrogen-bond donors (Lipinski definition) is 2. The molecule has 1 aliphatic heterocycles. The minimum Gasteiger partial charge on any atom is -0.325 e. The Morgan fingerprint density at radius 2 is 1.71 bits per heavy atom. The molecule has 0 unspecified atom stereocenters. The van der Waals surface area contributed by atoms with E-state index < -0.39 is 32.4 Å². The Morgan fingerprint density at radius 3 is 2.36 bits per heavy atom. The average molecular weight is 414 g/mol. The molecule has 10 heteroatoms. The number of para-hydroxylation sites is 1. The van der Waals surface area contributed by atoms with Crippen molar-refractivity contribution in [2.45, 2.75) is 4.90 Å². The number of anilines is 1.